The number of nitrogens with zero attached hydrogens (tertiary/aromatic N) is 2. The second-order valence-electron chi connectivity index (χ2n) is 4.37. The highest BCUT2D eigenvalue weighted by atomic mass is 32.1. The number of ether oxygens (including phenoxy) is 1. The van der Waals surface area contributed by atoms with Crippen molar-refractivity contribution in [2.24, 2.45) is 11.7 Å². The van der Waals surface area contributed by atoms with E-state index in [2.05, 4.69) is 9.72 Å². The standard InChI is InChI=1S/C11H16N4O3S/c1-18-10(17)7-8(12)14-11(19-7)15-4-2-6(3-5-15)9(13)16/h6H,2-5,12H2,1H3,(H2,13,16). The average molecular weight is 284 g/mol. The fourth-order valence-electron chi connectivity index (χ4n) is 2.05. The first-order valence-corrected chi connectivity index (χ1v) is 6.73. The van der Waals surface area contributed by atoms with E-state index in [1.807, 2.05) is 4.90 Å². The quantitative estimate of drug-likeness (QED) is 0.768. The molecule has 1 aromatic rings. The summed E-state index contributed by atoms with van der Waals surface area (Å²) in [7, 11) is 1.31. The summed E-state index contributed by atoms with van der Waals surface area (Å²) in [5.41, 5.74) is 11.0. The molecular formula is C11H16N4O3S. The molecule has 0 spiro atoms. The lowest BCUT2D eigenvalue weighted by Gasteiger charge is -2.30. The van der Waals surface area contributed by atoms with Gasteiger partial charge < -0.3 is 21.1 Å². The number of primary amides is 1. The number of piperidine rings is 1. The Morgan fingerprint density at radius 2 is 2.05 bits per heavy atom. The summed E-state index contributed by atoms with van der Waals surface area (Å²) in [6.07, 6.45) is 1.39. The van der Waals surface area contributed by atoms with Gasteiger partial charge in [0.15, 0.2) is 15.8 Å². The summed E-state index contributed by atoms with van der Waals surface area (Å²) in [4.78, 5) is 29.1. The third kappa shape index (κ3) is 2.78. The van der Waals surface area contributed by atoms with Crippen LogP contribution in [0.25, 0.3) is 0 Å². The maximum atomic E-state index is 11.5. The molecule has 1 aliphatic heterocycles. The highest BCUT2D eigenvalue weighted by molar-refractivity contribution is 7.18. The zero-order valence-electron chi connectivity index (χ0n) is 10.6. The van der Waals surface area contributed by atoms with Crippen LogP contribution < -0.4 is 16.4 Å². The maximum Gasteiger partial charge on any atom is 0.351 e. The van der Waals surface area contributed by atoms with Crippen molar-refractivity contribution in [1.82, 2.24) is 4.98 Å². The number of hydrogen-bond acceptors (Lipinski definition) is 7. The van der Waals surface area contributed by atoms with Crippen molar-refractivity contribution >= 4 is 34.2 Å². The second kappa shape index (κ2) is 5.43. The Morgan fingerprint density at radius 3 is 2.58 bits per heavy atom. The van der Waals surface area contributed by atoms with E-state index in [-0.39, 0.29) is 17.6 Å². The van der Waals surface area contributed by atoms with Crippen LogP contribution in [0.15, 0.2) is 0 Å². The van der Waals surface area contributed by atoms with Gasteiger partial charge in [-0.2, -0.15) is 0 Å². The number of methoxy groups -OCH3 is 1. The van der Waals surface area contributed by atoms with Gasteiger partial charge in [0.2, 0.25) is 5.91 Å². The molecule has 104 valence electrons. The molecule has 0 radical (unpaired) electrons. The van der Waals surface area contributed by atoms with Crippen LogP contribution in [-0.4, -0.2) is 37.1 Å². The predicted molar refractivity (Wildman–Crippen MR) is 72.0 cm³/mol. The Labute approximate surface area is 114 Å². The van der Waals surface area contributed by atoms with Crippen molar-refractivity contribution < 1.29 is 14.3 Å². The number of aromatic nitrogens is 1. The summed E-state index contributed by atoms with van der Waals surface area (Å²) in [5.74, 6) is -0.626. The Morgan fingerprint density at radius 1 is 1.42 bits per heavy atom. The van der Waals surface area contributed by atoms with Crippen molar-refractivity contribution in [3.63, 3.8) is 0 Å². The minimum Gasteiger partial charge on any atom is -0.465 e. The van der Waals surface area contributed by atoms with Gasteiger partial charge in [-0.1, -0.05) is 11.3 Å². The Kier molecular flexibility index (Phi) is 3.89. The average Bonchev–Trinajstić information content (AvgIpc) is 2.80. The number of carbonyl (C=O) groups is 2. The van der Waals surface area contributed by atoms with Crippen molar-refractivity contribution in [3.8, 4) is 0 Å². The van der Waals surface area contributed by atoms with E-state index < -0.39 is 5.97 Å². The maximum absolute atomic E-state index is 11.5. The van der Waals surface area contributed by atoms with Gasteiger partial charge in [-0.3, -0.25) is 4.79 Å². The fraction of sp³-hybridized carbons (Fsp3) is 0.545. The van der Waals surface area contributed by atoms with Gasteiger partial charge in [-0.15, -0.1) is 0 Å². The van der Waals surface area contributed by atoms with Crippen LogP contribution in [0.2, 0.25) is 0 Å². The molecule has 1 amide bonds. The monoisotopic (exact) mass is 284 g/mol. The normalized spacial score (nSPS) is 16.4. The van der Waals surface area contributed by atoms with Gasteiger partial charge in [0.05, 0.1) is 7.11 Å². The van der Waals surface area contributed by atoms with E-state index in [0.717, 1.165) is 0 Å². The predicted octanol–water partition coefficient (Wildman–Crippen LogP) is 0.214. The van der Waals surface area contributed by atoms with Gasteiger partial charge in [0.1, 0.15) is 0 Å². The van der Waals surface area contributed by atoms with E-state index in [1.165, 1.54) is 18.4 Å². The molecule has 19 heavy (non-hydrogen) atoms. The summed E-state index contributed by atoms with van der Waals surface area (Å²) < 4.78 is 4.64. The van der Waals surface area contributed by atoms with E-state index >= 15 is 0 Å². The van der Waals surface area contributed by atoms with Gasteiger partial charge >= 0.3 is 5.97 Å². The van der Waals surface area contributed by atoms with Gasteiger partial charge in [-0.05, 0) is 12.8 Å². The summed E-state index contributed by atoms with van der Waals surface area (Å²) >= 11 is 1.21. The Bertz CT molecular complexity index is 494. The molecule has 0 aromatic carbocycles. The zero-order chi connectivity index (χ0) is 14.0. The van der Waals surface area contributed by atoms with Crippen molar-refractivity contribution in [2.75, 3.05) is 30.8 Å². The molecular weight excluding hydrogens is 268 g/mol. The number of carbonyl (C=O) groups excluding carboxylic acids is 2. The second-order valence-corrected chi connectivity index (χ2v) is 5.34. The molecule has 8 heteroatoms. The Balaban J connectivity index is 2.08. The van der Waals surface area contributed by atoms with Crippen LogP contribution in [0.1, 0.15) is 22.5 Å². The van der Waals surface area contributed by atoms with E-state index in [4.69, 9.17) is 11.5 Å². The molecule has 0 bridgehead atoms. The molecule has 1 saturated heterocycles. The number of hydrogen-bond donors (Lipinski definition) is 2. The van der Waals surface area contributed by atoms with Crippen LogP contribution in [0.4, 0.5) is 10.9 Å². The van der Waals surface area contributed by atoms with Crippen molar-refractivity contribution in [2.45, 2.75) is 12.8 Å². The van der Waals surface area contributed by atoms with Crippen LogP contribution >= 0.6 is 11.3 Å². The van der Waals surface area contributed by atoms with Crippen molar-refractivity contribution in [1.29, 1.82) is 0 Å². The molecule has 2 rings (SSSR count). The summed E-state index contributed by atoms with van der Waals surface area (Å²) in [5, 5.41) is 0.681. The highest BCUT2D eigenvalue weighted by Gasteiger charge is 2.26. The smallest absolute Gasteiger partial charge is 0.351 e. The lowest BCUT2D eigenvalue weighted by atomic mass is 9.97. The topological polar surface area (TPSA) is 112 Å². The lowest BCUT2D eigenvalue weighted by molar-refractivity contribution is -0.122. The van der Waals surface area contributed by atoms with Gasteiger partial charge in [0.25, 0.3) is 0 Å². The molecule has 0 aliphatic carbocycles. The number of nitrogen functional groups attached to an aromatic ring is 1. The Hall–Kier alpha value is -1.83. The third-order valence-corrected chi connectivity index (χ3v) is 4.29. The van der Waals surface area contributed by atoms with E-state index in [0.29, 0.717) is 35.9 Å². The molecule has 0 saturated carbocycles. The van der Waals surface area contributed by atoms with Gasteiger partial charge in [0, 0.05) is 19.0 Å². The third-order valence-electron chi connectivity index (χ3n) is 3.18. The molecule has 7 nitrogen and oxygen atoms in total. The van der Waals surface area contributed by atoms with Crippen LogP contribution in [0.3, 0.4) is 0 Å². The highest BCUT2D eigenvalue weighted by Crippen LogP contribution is 2.31. The molecule has 1 aliphatic rings. The number of thiazole rings is 1. The summed E-state index contributed by atoms with van der Waals surface area (Å²) in [6.45, 7) is 1.36. The zero-order valence-corrected chi connectivity index (χ0v) is 11.4. The first-order valence-electron chi connectivity index (χ1n) is 5.91. The largest absolute Gasteiger partial charge is 0.465 e. The van der Waals surface area contributed by atoms with E-state index in [1.54, 1.807) is 0 Å². The fourth-order valence-corrected chi connectivity index (χ4v) is 3.00. The number of nitrogens with two attached hydrogens (primary N) is 2. The van der Waals surface area contributed by atoms with Crippen LogP contribution in [0, 0.1) is 5.92 Å². The molecule has 1 fully saturated rings. The minimum atomic E-state index is -0.478. The number of esters is 1. The molecule has 1 aromatic heterocycles. The molecule has 4 N–H and O–H groups in total. The number of anilines is 2. The minimum absolute atomic E-state index is 0.0753. The first kappa shape index (κ1) is 13.6. The molecule has 2 heterocycles. The number of amides is 1. The van der Waals surface area contributed by atoms with Crippen LogP contribution in [0.5, 0.6) is 0 Å². The number of rotatable bonds is 3. The SMILES string of the molecule is COC(=O)c1sc(N2CCC(C(N)=O)CC2)nc1N. The lowest BCUT2D eigenvalue weighted by Crippen LogP contribution is -2.38. The van der Waals surface area contributed by atoms with E-state index in [9.17, 15) is 9.59 Å². The van der Waals surface area contributed by atoms with Crippen molar-refractivity contribution in [3.05, 3.63) is 4.88 Å². The van der Waals surface area contributed by atoms with Crippen LogP contribution in [-0.2, 0) is 9.53 Å². The van der Waals surface area contributed by atoms with Gasteiger partial charge in [-0.25, -0.2) is 9.78 Å². The first-order chi connectivity index (χ1) is 9.02. The summed E-state index contributed by atoms with van der Waals surface area (Å²) in [6, 6.07) is 0. The molecule has 0 atom stereocenters. The molecule has 0 unspecified atom stereocenters.